The molecule has 0 N–H and O–H groups in total. The molecule has 1 amide bonds. The molecule has 5 nitrogen and oxygen atoms in total. The third kappa shape index (κ3) is 4.85. The van der Waals surface area contributed by atoms with Gasteiger partial charge < -0.3 is 14.4 Å². The third-order valence-electron chi connectivity index (χ3n) is 3.45. The number of amides is 1. The fourth-order valence-corrected chi connectivity index (χ4v) is 2.96. The van der Waals surface area contributed by atoms with Gasteiger partial charge in [0, 0.05) is 44.9 Å². The second-order valence-electron chi connectivity index (χ2n) is 5.02. The lowest BCUT2D eigenvalue weighted by Crippen LogP contribution is -2.35. The van der Waals surface area contributed by atoms with Gasteiger partial charge in [0.15, 0.2) is 0 Å². The number of ether oxygens (including phenoxy) is 2. The van der Waals surface area contributed by atoms with Crippen LogP contribution >= 0.6 is 11.3 Å². The van der Waals surface area contributed by atoms with Crippen molar-refractivity contribution in [3.63, 3.8) is 0 Å². The van der Waals surface area contributed by atoms with Gasteiger partial charge in [-0.2, -0.15) is 0 Å². The second-order valence-corrected chi connectivity index (χ2v) is 6.00. The SMILES string of the molecule is COCCN(Cc1nccs1)C(=O)CC1CCCOC1. The second kappa shape index (κ2) is 8.34. The van der Waals surface area contributed by atoms with E-state index >= 15 is 0 Å². The standard InChI is InChI=1S/C14H22N2O3S/c1-18-7-5-16(10-13-15-4-8-20-13)14(17)9-12-3-2-6-19-11-12/h4,8,12H,2-3,5-7,9-11H2,1H3. The first-order chi connectivity index (χ1) is 9.79. The Kier molecular flexibility index (Phi) is 6.42. The predicted octanol–water partition coefficient (Wildman–Crippen LogP) is 1.93. The maximum Gasteiger partial charge on any atom is 0.223 e. The quantitative estimate of drug-likeness (QED) is 0.772. The van der Waals surface area contributed by atoms with Crippen LogP contribution in [0.15, 0.2) is 11.6 Å². The zero-order chi connectivity index (χ0) is 14.2. The van der Waals surface area contributed by atoms with Crippen LogP contribution < -0.4 is 0 Å². The molecule has 0 spiro atoms. The average Bonchev–Trinajstić information content (AvgIpc) is 2.97. The lowest BCUT2D eigenvalue weighted by molar-refractivity contribution is -0.134. The highest BCUT2D eigenvalue weighted by atomic mass is 32.1. The van der Waals surface area contributed by atoms with Crippen molar-refractivity contribution in [3.8, 4) is 0 Å². The van der Waals surface area contributed by atoms with Gasteiger partial charge in [-0.1, -0.05) is 0 Å². The van der Waals surface area contributed by atoms with Gasteiger partial charge in [0.2, 0.25) is 5.91 Å². The molecule has 0 saturated carbocycles. The van der Waals surface area contributed by atoms with Gasteiger partial charge in [0.1, 0.15) is 5.01 Å². The van der Waals surface area contributed by atoms with Crippen LogP contribution in [-0.4, -0.2) is 49.3 Å². The number of nitrogens with zero attached hydrogens (tertiary/aromatic N) is 2. The minimum Gasteiger partial charge on any atom is -0.383 e. The molecule has 112 valence electrons. The lowest BCUT2D eigenvalue weighted by atomic mass is 9.98. The molecule has 1 saturated heterocycles. The maximum absolute atomic E-state index is 12.4. The first-order valence-electron chi connectivity index (χ1n) is 7.02. The molecule has 2 heterocycles. The van der Waals surface area contributed by atoms with Crippen LogP contribution in [0.2, 0.25) is 0 Å². The van der Waals surface area contributed by atoms with Crippen molar-refractivity contribution in [1.82, 2.24) is 9.88 Å². The highest BCUT2D eigenvalue weighted by Crippen LogP contribution is 2.19. The van der Waals surface area contributed by atoms with Crippen molar-refractivity contribution >= 4 is 17.2 Å². The molecule has 1 aliphatic rings. The Labute approximate surface area is 123 Å². The van der Waals surface area contributed by atoms with Crippen molar-refractivity contribution in [2.24, 2.45) is 5.92 Å². The Bertz CT molecular complexity index is 391. The van der Waals surface area contributed by atoms with E-state index in [2.05, 4.69) is 4.98 Å². The average molecular weight is 298 g/mol. The van der Waals surface area contributed by atoms with Crippen LogP contribution in [0.1, 0.15) is 24.3 Å². The van der Waals surface area contributed by atoms with E-state index in [0.717, 1.165) is 24.5 Å². The molecule has 0 radical (unpaired) electrons. The van der Waals surface area contributed by atoms with Crippen LogP contribution in [0.5, 0.6) is 0 Å². The number of aromatic nitrogens is 1. The van der Waals surface area contributed by atoms with Crippen LogP contribution in [0.3, 0.4) is 0 Å². The number of carbonyl (C=O) groups is 1. The summed E-state index contributed by atoms with van der Waals surface area (Å²) in [6, 6.07) is 0. The largest absolute Gasteiger partial charge is 0.383 e. The summed E-state index contributed by atoms with van der Waals surface area (Å²) in [4.78, 5) is 18.5. The fourth-order valence-electron chi connectivity index (χ4n) is 2.33. The minimum absolute atomic E-state index is 0.174. The lowest BCUT2D eigenvalue weighted by Gasteiger charge is -2.26. The van der Waals surface area contributed by atoms with Crippen molar-refractivity contribution < 1.29 is 14.3 Å². The van der Waals surface area contributed by atoms with Gasteiger partial charge >= 0.3 is 0 Å². The van der Waals surface area contributed by atoms with E-state index in [9.17, 15) is 4.79 Å². The van der Waals surface area contributed by atoms with E-state index in [0.29, 0.717) is 38.6 Å². The zero-order valence-electron chi connectivity index (χ0n) is 11.9. The Morgan fingerprint density at radius 3 is 3.20 bits per heavy atom. The monoisotopic (exact) mass is 298 g/mol. The summed E-state index contributed by atoms with van der Waals surface area (Å²) in [6.07, 6.45) is 4.48. The normalized spacial score (nSPS) is 18.9. The number of hydrogen-bond acceptors (Lipinski definition) is 5. The Morgan fingerprint density at radius 2 is 2.55 bits per heavy atom. The summed E-state index contributed by atoms with van der Waals surface area (Å²) in [6.45, 7) is 3.28. The summed E-state index contributed by atoms with van der Waals surface area (Å²) in [5.74, 6) is 0.533. The molecular weight excluding hydrogens is 276 g/mol. The molecule has 1 fully saturated rings. The highest BCUT2D eigenvalue weighted by molar-refractivity contribution is 7.09. The molecule has 0 aliphatic carbocycles. The fraction of sp³-hybridized carbons (Fsp3) is 0.714. The first kappa shape index (κ1) is 15.4. The van der Waals surface area contributed by atoms with E-state index in [1.165, 1.54) is 0 Å². The van der Waals surface area contributed by atoms with Gasteiger partial charge in [-0.15, -0.1) is 11.3 Å². The van der Waals surface area contributed by atoms with Crippen molar-refractivity contribution in [2.45, 2.75) is 25.8 Å². The van der Waals surface area contributed by atoms with Crippen LogP contribution in [-0.2, 0) is 20.8 Å². The van der Waals surface area contributed by atoms with E-state index in [-0.39, 0.29) is 5.91 Å². The number of rotatable bonds is 7. The van der Waals surface area contributed by atoms with E-state index in [4.69, 9.17) is 9.47 Å². The van der Waals surface area contributed by atoms with Crippen LogP contribution in [0.4, 0.5) is 0 Å². The number of carbonyl (C=O) groups excluding carboxylic acids is 1. The van der Waals surface area contributed by atoms with Gasteiger partial charge in [0.05, 0.1) is 13.2 Å². The molecule has 1 aromatic rings. The molecule has 1 aromatic heterocycles. The van der Waals surface area contributed by atoms with E-state index < -0.39 is 0 Å². The Morgan fingerprint density at radius 1 is 1.65 bits per heavy atom. The molecule has 1 aliphatic heterocycles. The molecule has 6 heteroatoms. The predicted molar refractivity (Wildman–Crippen MR) is 77.6 cm³/mol. The van der Waals surface area contributed by atoms with E-state index in [1.54, 1.807) is 24.6 Å². The molecule has 1 atom stereocenters. The Balaban J connectivity index is 1.88. The number of thiazole rings is 1. The van der Waals surface area contributed by atoms with Gasteiger partial charge in [-0.05, 0) is 18.8 Å². The first-order valence-corrected chi connectivity index (χ1v) is 7.90. The number of methoxy groups -OCH3 is 1. The van der Waals surface area contributed by atoms with E-state index in [1.807, 2.05) is 10.3 Å². The molecule has 0 bridgehead atoms. The zero-order valence-corrected chi connectivity index (χ0v) is 12.7. The minimum atomic E-state index is 0.174. The summed E-state index contributed by atoms with van der Waals surface area (Å²) in [5, 5.41) is 2.90. The smallest absolute Gasteiger partial charge is 0.223 e. The highest BCUT2D eigenvalue weighted by Gasteiger charge is 2.22. The molecular formula is C14H22N2O3S. The van der Waals surface area contributed by atoms with Crippen LogP contribution in [0.25, 0.3) is 0 Å². The Hall–Kier alpha value is -0.980. The van der Waals surface area contributed by atoms with Crippen molar-refractivity contribution in [3.05, 3.63) is 16.6 Å². The van der Waals surface area contributed by atoms with Crippen LogP contribution in [0, 0.1) is 5.92 Å². The number of hydrogen-bond donors (Lipinski definition) is 0. The third-order valence-corrected chi connectivity index (χ3v) is 4.21. The molecule has 0 aromatic carbocycles. The van der Waals surface area contributed by atoms with Gasteiger partial charge in [-0.25, -0.2) is 4.98 Å². The maximum atomic E-state index is 12.4. The molecule has 1 unspecified atom stereocenters. The molecule has 2 rings (SSSR count). The summed E-state index contributed by atoms with van der Waals surface area (Å²) < 4.78 is 10.5. The van der Waals surface area contributed by atoms with Crippen molar-refractivity contribution in [1.29, 1.82) is 0 Å². The summed E-state index contributed by atoms with van der Waals surface area (Å²) >= 11 is 1.58. The van der Waals surface area contributed by atoms with Gasteiger partial charge in [0.25, 0.3) is 0 Å². The van der Waals surface area contributed by atoms with Crippen molar-refractivity contribution in [2.75, 3.05) is 33.5 Å². The summed E-state index contributed by atoms with van der Waals surface area (Å²) in [5.41, 5.74) is 0. The topological polar surface area (TPSA) is 51.7 Å². The molecule has 20 heavy (non-hydrogen) atoms. The van der Waals surface area contributed by atoms with Gasteiger partial charge in [-0.3, -0.25) is 4.79 Å². The summed E-state index contributed by atoms with van der Waals surface area (Å²) in [7, 11) is 1.65.